The van der Waals surface area contributed by atoms with E-state index in [1.165, 1.54) is 11.3 Å². The van der Waals surface area contributed by atoms with Gasteiger partial charge >= 0.3 is 0 Å². The van der Waals surface area contributed by atoms with Crippen LogP contribution in [0.5, 0.6) is 0 Å². The van der Waals surface area contributed by atoms with Gasteiger partial charge in [-0.05, 0) is 11.6 Å². The molecule has 1 unspecified atom stereocenters. The molecule has 21 heavy (non-hydrogen) atoms. The van der Waals surface area contributed by atoms with Crippen molar-refractivity contribution in [2.24, 2.45) is 0 Å². The van der Waals surface area contributed by atoms with Crippen molar-refractivity contribution in [1.82, 2.24) is 10.3 Å². The highest BCUT2D eigenvalue weighted by molar-refractivity contribution is 7.99. The molecule has 0 saturated carbocycles. The lowest BCUT2D eigenvalue weighted by molar-refractivity contribution is -0.117. The van der Waals surface area contributed by atoms with Crippen molar-refractivity contribution in [3.63, 3.8) is 0 Å². The van der Waals surface area contributed by atoms with Crippen LogP contribution in [0.15, 0.2) is 30.5 Å². The minimum Gasteiger partial charge on any atom is -0.301 e. The number of carbonyl (C=O) groups excluding carboxylic acids is 1. The second kappa shape index (κ2) is 6.79. The van der Waals surface area contributed by atoms with Crippen molar-refractivity contribution in [2.45, 2.75) is 12.5 Å². The van der Waals surface area contributed by atoms with Crippen LogP contribution in [-0.2, 0) is 11.2 Å². The Morgan fingerprint density at radius 1 is 1.48 bits per heavy atom. The summed E-state index contributed by atoms with van der Waals surface area (Å²) in [5.41, 5.74) is 1.06. The van der Waals surface area contributed by atoms with E-state index >= 15 is 0 Å². The molecule has 0 spiro atoms. The second-order valence-corrected chi connectivity index (χ2v) is 7.21. The number of nitrogens with zero attached hydrogens (tertiary/aromatic N) is 1. The highest BCUT2D eigenvalue weighted by Gasteiger charge is 2.23. The number of hydrogen-bond donors (Lipinski definition) is 2. The van der Waals surface area contributed by atoms with Gasteiger partial charge in [-0.25, -0.2) is 4.98 Å². The molecule has 0 aliphatic carbocycles. The van der Waals surface area contributed by atoms with E-state index in [0.717, 1.165) is 33.5 Å². The Labute approximate surface area is 136 Å². The van der Waals surface area contributed by atoms with Crippen LogP contribution < -0.4 is 10.6 Å². The summed E-state index contributed by atoms with van der Waals surface area (Å²) in [7, 11) is 0. The largest absolute Gasteiger partial charge is 0.301 e. The number of hydrogen-bond acceptors (Lipinski definition) is 5. The predicted octanol–water partition coefficient (Wildman–Crippen LogP) is 2.99. The number of amides is 1. The van der Waals surface area contributed by atoms with Gasteiger partial charge in [0.2, 0.25) is 5.91 Å². The molecule has 3 rings (SSSR count). The van der Waals surface area contributed by atoms with Crippen molar-refractivity contribution in [3.05, 3.63) is 45.9 Å². The molecule has 0 radical (unpaired) electrons. The van der Waals surface area contributed by atoms with Crippen molar-refractivity contribution in [1.29, 1.82) is 0 Å². The van der Waals surface area contributed by atoms with Crippen LogP contribution in [0.3, 0.4) is 0 Å². The van der Waals surface area contributed by atoms with Gasteiger partial charge < -0.3 is 5.32 Å². The summed E-state index contributed by atoms with van der Waals surface area (Å²) in [4.78, 5) is 17.3. The van der Waals surface area contributed by atoms with E-state index in [0.29, 0.717) is 5.13 Å². The average molecular weight is 340 g/mol. The lowest BCUT2D eigenvalue weighted by Crippen LogP contribution is -2.37. The lowest BCUT2D eigenvalue weighted by atomic mass is 10.1. The van der Waals surface area contributed by atoms with Crippen molar-refractivity contribution in [2.75, 3.05) is 16.9 Å². The molecule has 1 fully saturated rings. The molecule has 2 heterocycles. The second-order valence-electron chi connectivity index (χ2n) is 4.66. The van der Waals surface area contributed by atoms with Crippen LogP contribution in [0.1, 0.15) is 10.4 Å². The van der Waals surface area contributed by atoms with Crippen LogP contribution >= 0.6 is 34.7 Å². The maximum absolute atomic E-state index is 12.0. The number of halogens is 1. The highest BCUT2D eigenvalue weighted by atomic mass is 35.5. The molecule has 2 N–H and O–H groups in total. The molecular weight excluding hydrogens is 326 g/mol. The molecule has 1 saturated heterocycles. The zero-order chi connectivity index (χ0) is 14.7. The first-order valence-electron chi connectivity index (χ1n) is 6.52. The number of benzene rings is 1. The van der Waals surface area contributed by atoms with Gasteiger partial charge in [-0.1, -0.05) is 29.8 Å². The summed E-state index contributed by atoms with van der Waals surface area (Å²) in [5, 5.41) is 7.40. The summed E-state index contributed by atoms with van der Waals surface area (Å²) < 4.78 is 0. The fraction of sp³-hybridized carbons (Fsp3) is 0.286. The summed E-state index contributed by atoms with van der Waals surface area (Å²) in [5.74, 6) is 1.62. The summed E-state index contributed by atoms with van der Waals surface area (Å²) in [6.45, 7) is 0. The van der Waals surface area contributed by atoms with Crippen LogP contribution in [0.2, 0.25) is 5.02 Å². The standard InChI is InChI=1S/C14H14ClN3OS2/c15-11-4-2-1-3-9(11)5-10-6-16-14(21-10)18-13(19)12-7-20-8-17-12/h1-4,6,12,17H,5,7-8H2,(H,16,18,19). The Bertz CT molecular complexity index is 641. The molecule has 1 aromatic heterocycles. The molecule has 7 heteroatoms. The first-order valence-corrected chi connectivity index (χ1v) is 8.87. The van der Waals surface area contributed by atoms with Gasteiger partial charge in [0.1, 0.15) is 0 Å². The molecule has 1 amide bonds. The van der Waals surface area contributed by atoms with E-state index in [-0.39, 0.29) is 11.9 Å². The number of aromatic nitrogens is 1. The van der Waals surface area contributed by atoms with Crippen molar-refractivity contribution in [3.8, 4) is 0 Å². The minimum absolute atomic E-state index is 0.0151. The van der Waals surface area contributed by atoms with E-state index in [1.54, 1.807) is 18.0 Å². The molecule has 1 aliphatic rings. The summed E-state index contributed by atoms with van der Waals surface area (Å²) in [6, 6.07) is 7.64. The van der Waals surface area contributed by atoms with Gasteiger partial charge in [0, 0.05) is 34.1 Å². The van der Waals surface area contributed by atoms with Gasteiger partial charge in [-0.15, -0.1) is 23.1 Å². The van der Waals surface area contributed by atoms with Crippen LogP contribution in [0, 0.1) is 0 Å². The van der Waals surface area contributed by atoms with Gasteiger partial charge in [-0.2, -0.15) is 0 Å². The maximum atomic E-state index is 12.0. The number of rotatable bonds is 4. The Hall–Kier alpha value is -1.08. The fourth-order valence-corrected chi connectivity index (χ4v) is 4.02. The first kappa shape index (κ1) is 14.8. The zero-order valence-electron chi connectivity index (χ0n) is 11.1. The van der Waals surface area contributed by atoms with Gasteiger partial charge in [0.05, 0.1) is 6.04 Å². The third kappa shape index (κ3) is 3.77. The third-order valence-corrected chi connectivity index (χ3v) is 5.36. The van der Waals surface area contributed by atoms with Gasteiger partial charge in [0.25, 0.3) is 0 Å². The zero-order valence-corrected chi connectivity index (χ0v) is 13.5. The fourth-order valence-electron chi connectivity index (χ4n) is 2.03. The molecular formula is C14H14ClN3OS2. The summed E-state index contributed by atoms with van der Waals surface area (Å²) in [6.07, 6.45) is 2.52. The molecule has 4 nitrogen and oxygen atoms in total. The minimum atomic E-state index is -0.120. The van der Waals surface area contributed by atoms with E-state index in [4.69, 9.17) is 11.6 Å². The first-order chi connectivity index (χ1) is 10.2. The Balaban J connectivity index is 1.63. The number of thiazole rings is 1. The van der Waals surface area contributed by atoms with E-state index in [9.17, 15) is 4.79 Å². The number of nitrogens with one attached hydrogen (secondary N) is 2. The van der Waals surface area contributed by atoms with Crippen LogP contribution in [0.4, 0.5) is 5.13 Å². The average Bonchev–Trinajstić information content (AvgIpc) is 3.13. The molecule has 1 atom stereocenters. The van der Waals surface area contributed by atoms with E-state index in [1.807, 2.05) is 24.3 Å². The smallest absolute Gasteiger partial charge is 0.244 e. The van der Waals surface area contributed by atoms with Crippen LogP contribution in [-0.4, -0.2) is 28.6 Å². The highest BCUT2D eigenvalue weighted by Crippen LogP contribution is 2.25. The Kier molecular flexibility index (Phi) is 4.80. The van der Waals surface area contributed by atoms with Crippen molar-refractivity contribution < 1.29 is 4.79 Å². The maximum Gasteiger partial charge on any atom is 0.244 e. The van der Waals surface area contributed by atoms with Gasteiger partial charge in [-0.3, -0.25) is 10.1 Å². The molecule has 2 aromatic rings. The SMILES string of the molecule is O=C(Nc1ncc(Cc2ccccc2Cl)s1)C1CSCN1. The van der Waals surface area contributed by atoms with Gasteiger partial charge in [0.15, 0.2) is 5.13 Å². The molecule has 110 valence electrons. The van der Waals surface area contributed by atoms with Crippen molar-refractivity contribution >= 4 is 45.7 Å². The normalized spacial score (nSPS) is 17.9. The summed E-state index contributed by atoms with van der Waals surface area (Å²) >= 11 is 9.37. The topological polar surface area (TPSA) is 54.0 Å². The number of anilines is 1. The monoisotopic (exact) mass is 339 g/mol. The lowest BCUT2D eigenvalue weighted by Gasteiger charge is -2.07. The third-order valence-electron chi connectivity index (χ3n) is 3.14. The Morgan fingerprint density at radius 3 is 3.10 bits per heavy atom. The number of thioether (sulfide) groups is 1. The van der Waals surface area contributed by atoms with E-state index in [2.05, 4.69) is 15.6 Å². The van der Waals surface area contributed by atoms with Crippen LogP contribution in [0.25, 0.3) is 0 Å². The molecule has 0 bridgehead atoms. The quantitative estimate of drug-likeness (QED) is 0.899. The molecule has 1 aliphatic heterocycles. The van der Waals surface area contributed by atoms with E-state index < -0.39 is 0 Å². The molecule has 1 aromatic carbocycles. The number of carbonyl (C=O) groups is 1. The predicted molar refractivity (Wildman–Crippen MR) is 89.3 cm³/mol. The Morgan fingerprint density at radius 2 is 2.33 bits per heavy atom.